The van der Waals surface area contributed by atoms with Gasteiger partial charge >= 0.3 is 0 Å². The van der Waals surface area contributed by atoms with Crippen molar-refractivity contribution in [1.82, 2.24) is 9.88 Å². The molecule has 6 heteroatoms. The fourth-order valence-corrected chi connectivity index (χ4v) is 1.04. The Bertz CT molecular complexity index is 474. The average molecular weight is 218 g/mol. The van der Waals surface area contributed by atoms with Gasteiger partial charge in [-0.05, 0) is 18.3 Å². The second-order valence-corrected chi connectivity index (χ2v) is 3.28. The Morgan fingerprint density at radius 1 is 1.62 bits per heavy atom. The van der Waals surface area contributed by atoms with E-state index in [-0.39, 0.29) is 11.4 Å². The monoisotopic (exact) mass is 218 g/mol. The first-order chi connectivity index (χ1) is 7.54. The van der Waals surface area contributed by atoms with E-state index in [1.807, 2.05) is 6.07 Å². The normalized spacial score (nSPS) is 10.1. The van der Waals surface area contributed by atoms with Gasteiger partial charge in [0.2, 0.25) is 0 Å². The van der Waals surface area contributed by atoms with E-state index in [9.17, 15) is 10.1 Å². The van der Waals surface area contributed by atoms with Crippen molar-refractivity contribution in [2.75, 3.05) is 14.1 Å². The molecule has 0 atom stereocenters. The summed E-state index contributed by atoms with van der Waals surface area (Å²) in [5.74, 6) is 0. The number of aromatic nitrogens is 1. The summed E-state index contributed by atoms with van der Waals surface area (Å²) in [5.41, 5.74) is 0.409. The van der Waals surface area contributed by atoms with Crippen molar-refractivity contribution < 1.29 is 4.92 Å². The molecule has 82 valence electrons. The van der Waals surface area contributed by atoms with E-state index in [0.29, 0.717) is 5.56 Å². The van der Waals surface area contributed by atoms with Crippen molar-refractivity contribution in [3.8, 4) is 6.07 Å². The minimum Gasteiger partial charge on any atom is -0.383 e. The molecule has 0 bridgehead atoms. The Kier molecular flexibility index (Phi) is 3.56. The van der Waals surface area contributed by atoms with Gasteiger partial charge in [0, 0.05) is 14.1 Å². The van der Waals surface area contributed by atoms with Crippen LogP contribution in [0.25, 0.3) is 6.08 Å². The Hall–Kier alpha value is -2.42. The topological polar surface area (TPSA) is 83.1 Å². The predicted octanol–water partition coefficient (Wildman–Crippen LogP) is 1.39. The summed E-state index contributed by atoms with van der Waals surface area (Å²) in [5, 5.41) is 19.4. The van der Waals surface area contributed by atoms with Crippen LogP contribution in [-0.4, -0.2) is 28.9 Å². The standard InChI is InChI=1S/C10H10N4O2/c1-13(2)4-3-8-5-9(6-11)12-7-10(8)14(15)16/h3-5,7H,1-2H3. The van der Waals surface area contributed by atoms with Crippen LogP contribution in [0.1, 0.15) is 11.3 Å². The van der Waals surface area contributed by atoms with Gasteiger partial charge in [0.05, 0.1) is 10.5 Å². The minimum atomic E-state index is -0.524. The summed E-state index contributed by atoms with van der Waals surface area (Å²) in [6.07, 6.45) is 4.33. The van der Waals surface area contributed by atoms with E-state index in [4.69, 9.17) is 5.26 Å². The van der Waals surface area contributed by atoms with Gasteiger partial charge in [-0.15, -0.1) is 0 Å². The van der Waals surface area contributed by atoms with E-state index in [0.717, 1.165) is 6.20 Å². The molecule has 0 saturated carbocycles. The largest absolute Gasteiger partial charge is 0.383 e. The zero-order chi connectivity index (χ0) is 12.1. The van der Waals surface area contributed by atoms with Gasteiger partial charge < -0.3 is 4.90 Å². The first-order valence-corrected chi connectivity index (χ1v) is 4.43. The lowest BCUT2D eigenvalue weighted by molar-refractivity contribution is -0.385. The SMILES string of the molecule is CN(C)C=Cc1cc(C#N)ncc1[N+](=O)[O-]. The highest BCUT2D eigenvalue weighted by atomic mass is 16.6. The fraction of sp³-hybridized carbons (Fsp3) is 0.200. The summed E-state index contributed by atoms with van der Waals surface area (Å²) < 4.78 is 0. The fourth-order valence-electron chi connectivity index (χ4n) is 1.04. The molecular formula is C10H10N4O2. The number of pyridine rings is 1. The molecule has 0 aliphatic carbocycles. The molecule has 16 heavy (non-hydrogen) atoms. The number of nitrogens with zero attached hydrogens (tertiary/aromatic N) is 4. The molecule has 0 fully saturated rings. The number of hydrogen-bond donors (Lipinski definition) is 0. The summed E-state index contributed by atoms with van der Waals surface area (Å²) >= 11 is 0. The number of nitro groups is 1. The van der Waals surface area contributed by atoms with Crippen molar-refractivity contribution in [2.45, 2.75) is 0 Å². The molecular weight excluding hydrogens is 208 g/mol. The van der Waals surface area contributed by atoms with Crippen molar-refractivity contribution in [3.63, 3.8) is 0 Å². The van der Waals surface area contributed by atoms with Gasteiger partial charge in [0.25, 0.3) is 5.69 Å². The molecule has 0 saturated heterocycles. The van der Waals surface area contributed by atoms with Crippen LogP contribution in [-0.2, 0) is 0 Å². The second-order valence-electron chi connectivity index (χ2n) is 3.28. The van der Waals surface area contributed by atoms with E-state index in [1.54, 1.807) is 31.3 Å². The first kappa shape index (κ1) is 11.7. The van der Waals surface area contributed by atoms with Gasteiger partial charge in [0.15, 0.2) is 0 Å². The van der Waals surface area contributed by atoms with Gasteiger partial charge in [0.1, 0.15) is 18.0 Å². The van der Waals surface area contributed by atoms with E-state index in [1.165, 1.54) is 6.07 Å². The highest BCUT2D eigenvalue weighted by Crippen LogP contribution is 2.19. The summed E-state index contributed by atoms with van der Waals surface area (Å²) in [4.78, 5) is 15.6. The molecule has 0 aliphatic rings. The maximum atomic E-state index is 10.7. The molecule has 1 aromatic rings. The van der Waals surface area contributed by atoms with E-state index < -0.39 is 4.92 Å². The van der Waals surface area contributed by atoms with Crippen LogP contribution in [0, 0.1) is 21.4 Å². The summed E-state index contributed by atoms with van der Waals surface area (Å²) in [6, 6.07) is 3.23. The lowest BCUT2D eigenvalue weighted by Gasteiger charge is -2.03. The maximum Gasteiger partial charge on any atom is 0.294 e. The molecule has 0 radical (unpaired) electrons. The van der Waals surface area contributed by atoms with E-state index >= 15 is 0 Å². The van der Waals surface area contributed by atoms with Gasteiger partial charge in [-0.25, -0.2) is 4.98 Å². The molecule has 6 nitrogen and oxygen atoms in total. The van der Waals surface area contributed by atoms with Crippen LogP contribution in [0.4, 0.5) is 5.69 Å². The van der Waals surface area contributed by atoms with Gasteiger partial charge in [-0.3, -0.25) is 10.1 Å². The third kappa shape index (κ3) is 2.78. The lowest BCUT2D eigenvalue weighted by atomic mass is 10.2. The third-order valence-corrected chi connectivity index (χ3v) is 1.78. The Labute approximate surface area is 92.6 Å². The third-order valence-electron chi connectivity index (χ3n) is 1.78. The quantitative estimate of drug-likeness (QED) is 0.565. The maximum absolute atomic E-state index is 10.7. The molecule has 0 amide bonds. The summed E-state index contributed by atoms with van der Waals surface area (Å²) in [6.45, 7) is 0. The zero-order valence-corrected chi connectivity index (χ0v) is 8.91. The van der Waals surface area contributed by atoms with Crippen LogP contribution < -0.4 is 0 Å². The molecule has 1 heterocycles. The highest BCUT2D eigenvalue weighted by Gasteiger charge is 2.12. The van der Waals surface area contributed by atoms with Crippen LogP contribution >= 0.6 is 0 Å². The van der Waals surface area contributed by atoms with Crippen LogP contribution in [0.3, 0.4) is 0 Å². The molecule has 0 unspecified atom stereocenters. The number of rotatable bonds is 3. The number of hydrogen-bond acceptors (Lipinski definition) is 5. The van der Waals surface area contributed by atoms with Crippen LogP contribution in [0.5, 0.6) is 0 Å². The Balaban J connectivity index is 3.22. The minimum absolute atomic E-state index is 0.114. The van der Waals surface area contributed by atoms with Crippen LogP contribution in [0.2, 0.25) is 0 Å². The zero-order valence-electron chi connectivity index (χ0n) is 8.91. The van der Waals surface area contributed by atoms with Gasteiger partial charge in [-0.2, -0.15) is 5.26 Å². The highest BCUT2D eigenvalue weighted by molar-refractivity contribution is 5.61. The molecule has 0 spiro atoms. The molecule has 0 N–H and O–H groups in total. The second kappa shape index (κ2) is 4.89. The smallest absolute Gasteiger partial charge is 0.294 e. The molecule has 0 aliphatic heterocycles. The summed E-state index contributed by atoms with van der Waals surface area (Å²) in [7, 11) is 3.60. The first-order valence-electron chi connectivity index (χ1n) is 4.43. The van der Waals surface area contributed by atoms with Gasteiger partial charge in [-0.1, -0.05) is 0 Å². The predicted molar refractivity (Wildman–Crippen MR) is 58.3 cm³/mol. The van der Waals surface area contributed by atoms with E-state index in [2.05, 4.69) is 4.98 Å². The molecule has 0 aromatic carbocycles. The number of nitriles is 1. The van der Waals surface area contributed by atoms with Crippen LogP contribution in [0.15, 0.2) is 18.5 Å². The van der Waals surface area contributed by atoms with Crippen molar-refractivity contribution in [1.29, 1.82) is 5.26 Å². The van der Waals surface area contributed by atoms with Crippen molar-refractivity contribution >= 4 is 11.8 Å². The Morgan fingerprint density at radius 3 is 2.81 bits per heavy atom. The average Bonchev–Trinajstić information content (AvgIpc) is 2.25. The Morgan fingerprint density at radius 2 is 2.31 bits per heavy atom. The molecule has 1 rings (SSSR count). The lowest BCUT2D eigenvalue weighted by Crippen LogP contribution is -2.00. The molecule has 1 aromatic heterocycles. The van der Waals surface area contributed by atoms with Crippen molar-refractivity contribution in [2.24, 2.45) is 0 Å². The van der Waals surface area contributed by atoms with Crippen molar-refractivity contribution in [3.05, 3.63) is 39.8 Å².